The Hall–Kier alpha value is -1.82. The number of benzene rings is 1. The highest BCUT2D eigenvalue weighted by atomic mass is 16.6. The molecule has 1 aliphatic rings. The summed E-state index contributed by atoms with van der Waals surface area (Å²) in [6.45, 7) is 6.34. The average molecular weight is 279 g/mol. The predicted molar refractivity (Wildman–Crippen MR) is 78.6 cm³/mol. The first-order valence-corrected chi connectivity index (χ1v) is 6.96. The van der Waals surface area contributed by atoms with Gasteiger partial charge in [0, 0.05) is 44.0 Å². The summed E-state index contributed by atoms with van der Waals surface area (Å²) < 4.78 is 5.52. The van der Waals surface area contributed by atoms with Crippen molar-refractivity contribution in [3.05, 3.63) is 28.3 Å². The van der Waals surface area contributed by atoms with E-state index in [1.165, 1.54) is 0 Å². The van der Waals surface area contributed by atoms with E-state index in [9.17, 15) is 10.1 Å². The Bertz CT molecular complexity index is 471. The third-order valence-electron chi connectivity index (χ3n) is 3.47. The first-order valence-electron chi connectivity index (χ1n) is 6.96. The summed E-state index contributed by atoms with van der Waals surface area (Å²) in [7, 11) is 2.10. The fourth-order valence-electron chi connectivity index (χ4n) is 2.24. The van der Waals surface area contributed by atoms with Gasteiger partial charge in [-0.15, -0.1) is 0 Å². The summed E-state index contributed by atoms with van der Waals surface area (Å²) >= 11 is 0. The molecule has 0 aromatic heterocycles. The number of nitro benzene ring substituents is 1. The number of ether oxygens (including phenoxy) is 1. The van der Waals surface area contributed by atoms with Gasteiger partial charge in [0.15, 0.2) is 5.75 Å². The van der Waals surface area contributed by atoms with Crippen molar-refractivity contribution in [2.75, 3.05) is 44.7 Å². The van der Waals surface area contributed by atoms with E-state index in [-0.39, 0.29) is 5.69 Å². The third-order valence-corrected chi connectivity index (χ3v) is 3.47. The molecule has 0 bridgehead atoms. The number of nitrogens with zero attached hydrogens (tertiary/aromatic N) is 3. The van der Waals surface area contributed by atoms with Crippen LogP contribution in [0.1, 0.15) is 13.3 Å². The molecular weight excluding hydrogens is 258 g/mol. The molecule has 0 aliphatic carbocycles. The molecule has 110 valence electrons. The van der Waals surface area contributed by atoms with Gasteiger partial charge in [-0.3, -0.25) is 10.1 Å². The lowest BCUT2D eigenvalue weighted by Gasteiger charge is -2.34. The minimum absolute atomic E-state index is 0.0383. The van der Waals surface area contributed by atoms with Crippen molar-refractivity contribution < 1.29 is 9.66 Å². The van der Waals surface area contributed by atoms with Crippen molar-refractivity contribution >= 4 is 11.4 Å². The highest BCUT2D eigenvalue weighted by Gasteiger charge is 2.20. The zero-order valence-electron chi connectivity index (χ0n) is 12.0. The van der Waals surface area contributed by atoms with E-state index < -0.39 is 4.92 Å². The lowest BCUT2D eigenvalue weighted by molar-refractivity contribution is -0.385. The molecule has 0 saturated carbocycles. The number of hydrogen-bond donors (Lipinski definition) is 0. The molecule has 1 aromatic rings. The zero-order valence-corrected chi connectivity index (χ0v) is 12.0. The van der Waals surface area contributed by atoms with Gasteiger partial charge in [-0.25, -0.2) is 0 Å². The molecular formula is C14H21N3O3. The van der Waals surface area contributed by atoms with E-state index in [4.69, 9.17) is 4.74 Å². The second kappa shape index (κ2) is 6.56. The molecule has 0 amide bonds. The maximum atomic E-state index is 11.0. The van der Waals surface area contributed by atoms with Crippen molar-refractivity contribution in [3.8, 4) is 5.75 Å². The van der Waals surface area contributed by atoms with Gasteiger partial charge in [0.25, 0.3) is 0 Å². The third kappa shape index (κ3) is 3.39. The van der Waals surface area contributed by atoms with Crippen LogP contribution in [0.5, 0.6) is 5.75 Å². The van der Waals surface area contributed by atoms with Crippen molar-refractivity contribution in [1.29, 1.82) is 0 Å². The smallest absolute Gasteiger partial charge is 0.311 e. The van der Waals surface area contributed by atoms with Crippen molar-refractivity contribution in [1.82, 2.24) is 4.90 Å². The minimum Gasteiger partial charge on any atom is -0.487 e. The first kappa shape index (κ1) is 14.6. The van der Waals surface area contributed by atoms with Crippen LogP contribution in [0.3, 0.4) is 0 Å². The number of piperazine rings is 1. The van der Waals surface area contributed by atoms with Crippen LogP contribution in [-0.4, -0.2) is 49.7 Å². The minimum atomic E-state index is -0.390. The largest absolute Gasteiger partial charge is 0.487 e. The number of anilines is 1. The molecule has 6 heteroatoms. The van der Waals surface area contributed by atoms with E-state index in [0.717, 1.165) is 38.3 Å². The Morgan fingerprint density at radius 3 is 2.60 bits per heavy atom. The average Bonchev–Trinajstić information content (AvgIpc) is 2.45. The van der Waals surface area contributed by atoms with E-state index in [0.29, 0.717) is 12.4 Å². The lowest BCUT2D eigenvalue weighted by Crippen LogP contribution is -2.44. The molecule has 1 heterocycles. The Morgan fingerprint density at radius 1 is 1.30 bits per heavy atom. The monoisotopic (exact) mass is 279 g/mol. The van der Waals surface area contributed by atoms with Gasteiger partial charge in [-0.1, -0.05) is 6.92 Å². The summed E-state index contributed by atoms with van der Waals surface area (Å²) in [6.07, 6.45) is 0.829. The van der Waals surface area contributed by atoms with Gasteiger partial charge in [0.1, 0.15) is 0 Å². The molecule has 1 aromatic carbocycles. The Kier molecular flexibility index (Phi) is 4.79. The summed E-state index contributed by atoms with van der Waals surface area (Å²) in [4.78, 5) is 15.1. The normalized spacial score (nSPS) is 16.2. The van der Waals surface area contributed by atoms with Gasteiger partial charge in [-0.2, -0.15) is 0 Å². The van der Waals surface area contributed by atoms with Gasteiger partial charge >= 0.3 is 5.69 Å². The molecule has 0 unspecified atom stereocenters. The molecule has 1 fully saturated rings. The second-order valence-corrected chi connectivity index (χ2v) is 5.05. The van der Waals surface area contributed by atoms with Crippen molar-refractivity contribution in [2.45, 2.75) is 13.3 Å². The molecule has 0 spiro atoms. The molecule has 1 saturated heterocycles. The van der Waals surface area contributed by atoms with E-state index in [2.05, 4.69) is 16.8 Å². The van der Waals surface area contributed by atoms with Crippen LogP contribution in [0.25, 0.3) is 0 Å². The summed E-state index contributed by atoms with van der Waals surface area (Å²) in [6, 6.07) is 5.14. The lowest BCUT2D eigenvalue weighted by atomic mass is 10.2. The Labute approximate surface area is 119 Å². The topological polar surface area (TPSA) is 58.8 Å². The summed E-state index contributed by atoms with van der Waals surface area (Å²) in [5.74, 6) is 0.369. The fourth-order valence-corrected chi connectivity index (χ4v) is 2.24. The van der Waals surface area contributed by atoms with Crippen molar-refractivity contribution in [2.24, 2.45) is 0 Å². The summed E-state index contributed by atoms with van der Waals surface area (Å²) in [5, 5.41) is 11.0. The molecule has 0 N–H and O–H groups in total. The van der Waals surface area contributed by atoms with Gasteiger partial charge < -0.3 is 14.5 Å². The molecule has 6 nitrogen and oxygen atoms in total. The maximum absolute atomic E-state index is 11.0. The number of rotatable bonds is 5. The molecule has 0 atom stereocenters. The second-order valence-electron chi connectivity index (χ2n) is 5.05. The highest BCUT2D eigenvalue weighted by molar-refractivity contribution is 5.59. The van der Waals surface area contributed by atoms with Crippen LogP contribution in [0, 0.1) is 10.1 Å². The Balaban J connectivity index is 2.20. The van der Waals surface area contributed by atoms with Gasteiger partial charge in [0.05, 0.1) is 11.5 Å². The maximum Gasteiger partial charge on any atom is 0.311 e. The van der Waals surface area contributed by atoms with Gasteiger partial charge in [-0.05, 0) is 19.5 Å². The van der Waals surface area contributed by atoms with Crippen LogP contribution in [-0.2, 0) is 0 Å². The van der Waals surface area contributed by atoms with Crippen LogP contribution >= 0.6 is 0 Å². The molecule has 20 heavy (non-hydrogen) atoms. The molecule has 0 radical (unpaired) electrons. The van der Waals surface area contributed by atoms with E-state index in [1.807, 2.05) is 13.0 Å². The van der Waals surface area contributed by atoms with Crippen LogP contribution in [0.4, 0.5) is 11.4 Å². The fraction of sp³-hybridized carbons (Fsp3) is 0.571. The van der Waals surface area contributed by atoms with Crippen LogP contribution in [0.2, 0.25) is 0 Å². The first-order chi connectivity index (χ1) is 9.61. The predicted octanol–water partition coefficient (Wildman–Crippen LogP) is 2.14. The van der Waals surface area contributed by atoms with Gasteiger partial charge in [0.2, 0.25) is 0 Å². The Morgan fingerprint density at radius 2 is 2.00 bits per heavy atom. The molecule has 2 rings (SSSR count). The van der Waals surface area contributed by atoms with E-state index in [1.54, 1.807) is 12.1 Å². The van der Waals surface area contributed by atoms with E-state index >= 15 is 0 Å². The number of likely N-dealkylation sites (N-methyl/N-ethyl adjacent to an activating group) is 1. The van der Waals surface area contributed by atoms with Crippen LogP contribution in [0.15, 0.2) is 18.2 Å². The summed E-state index contributed by atoms with van der Waals surface area (Å²) in [5.41, 5.74) is 1.03. The zero-order chi connectivity index (χ0) is 14.5. The SMILES string of the molecule is CCCOc1cc(N2CCN(C)CC2)ccc1[N+](=O)[O-]. The molecule has 1 aliphatic heterocycles. The number of hydrogen-bond acceptors (Lipinski definition) is 5. The number of nitro groups is 1. The quantitative estimate of drug-likeness (QED) is 0.610. The standard InChI is InChI=1S/C14H21N3O3/c1-3-10-20-14-11-12(4-5-13(14)17(18)19)16-8-6-15(2)7-9-16/h4-5,11H,3,6-10H2,1-2H3. The highest BCUT2D eigenvalue weighted by Crippen LogP contribution is 2.32. The van der Waals surface area contributed by atoms with Crippen molar-refractivity contribution in [3.63, 3.8) is 0 Å². The van der Waals surface area contributed by atoms with Crippen LogP contribution < -0.4 is 9.64 Å².